The SMILES string of the molecule is O=C(O)c1c(=O)c2cc([N+](=O)[O-])c(N3CCC4(CC3)OCCO4)nc2n2c1sc1ccccc12. The van der Waals surface area contributed by atoms with Crippen LogP contribution in [0.3, 0.4) is 0 Å². The number of para-hydroxylation sites is 1. The zero-order valence-corrected chi connectivity index (χ0v) is 18.5. The zero-order valence-electron chi connectivity index (χ0n) is 17.7. The Morgan fingerprint density at radius 3 is 2.59 bits per heavy atom. The summed E-state index contributed by atoms with van der Waals surface area (Å²) in [5.41, 5.74) is -0.691. The second-order valence-electron chi connectivity index (χ2n) is 8.27. The highest BCUT2D eigenvalue weighted by Gasteiger charge is 2.41. The summed E-state index contributed by atoms with van der Waals surface area (Å²) < 4.78 is 13.9. The van der Waals surface area contributed by atoms with Gasteiger partial charge < -0.3 is 19.5 Å². The van der Waals surface area contributed by atoms with Crippen LogP contribution in [0.15, 0.2) is 35.1 Å². The number of carboxylic acid groups (broad SMARTS) is 1. The summed E-state index contributed by atoms with van der Waals surface area (Å²) in [4.78, 5) is 43.3. The number of pyridine rings is 2. The van der Waals surface area contributed by atoms with Crippen molar-refractivity contribution in [3.63, 3.8) is 0 Å². The predicted molar refractivity (Wildman–Crippen MR) is 124 cm³/mol. The van der Waals surface area contributed by atoms with Crippen LogP contribution >= 0.6 is 11.3 Å². The lowest BCUT2D eigenvalue weighted by atomic mass is 10.0. The fraction of sp³-hybridized carbons (Fsp3) is 0.318. The van der Waals surface area contributed by atoms with Gasteiger partial charge in [-0.2, -0.15) is 0 Å². The van der Waals surface area contributed by atoms with E-state index in [1.807, 2.05) is 12.1 Å². The minimum Gasteiger partial charge on any atom is -0.477 e. The summed E-state index contributed by atoms with van der Waals surface area (Å²) in [6.07, 6.45) is 1.05. The number of nitrogens with zero attached hydrogens (tertiary/aromatic N) is 4. The van der Waals surface area contributed by atoms with Gasteiger partial charge in [-0.1, -0.05) is 12.1 Å². The molecule has 5 heterocycles. The van der Waals surface area contributed by atoms with Crippen molar-refractivity contribution in [3.05, 3.63) is 56.2 Å². The number of aromatic carboxylic acids is 1. The van der Waals surface area contributed by atoms with E-state index in [9.17, 15) is 24.8 Å². The van der Waals surface area contributed by atoms with Crippen LogP contribution in [0.2, 0.25) is 0 Å². The van der Waals surface area contributed by atoms with Crippen LogP contribution in [0.1, 0.15) is 23.2 Å². The fourth-order valence-corrected chi connectivity index (χ4v) is 5.99. The number of thiazole rings is 1. The number of hydrogen-bond donors (Lipinski definition) is 1. The summed E-state index contributed by atoms with van der Waals surface area (Å²) in [7, 11) is 0. The third-order valence-corrected chi connectivity index (χ3v) is 7.57. The predicted octanol–water partition coefficient (Wildman–Crippen LogP) is 3.01. The lowest BCUT2D eigenvalue weighted by molar-refractivity contribution is -0.384. The average molecular weight is 482 g/mol. The lowest BCUT2D eigenvalue weighted by Crippen LogP contribution is -2.45. The molecule has 4 aromatic rings. The number of carboxylic acids is 1. The molecule has 2 aliphatic heterocycles. The lowest BCUT2D eigenvalue weighted by Gasteiger charge is -2.37. The van der Waals surface area contributed by atoms with Gasteiger partial charge in [-0.25, -0.2) is 9.78 Å². The van der Waals surface area contributed by atoms with E-state index < -0.39 is 27.7 Å². The van der Waals surface area contributed by atoms with Crippen molar-refractivity contribution in [2.24, 2.45) is 0 Å². The molecule has 1 aromatic carbocycles. The van der Waals surface area contributed by atoms with E-state index in [1.54, 1.807) is 21.4 Å². The number of aromatic nitrogens is 2. The Bertz CT molecular complexity index is 1560. The molecule has 0 unspecified atom stereocenters. The van der Waals surface area contributed by atoms with Crippen molar-refractivity contribution in [2.45, 2.75) is 18.6 Å². The summed E-state index contributed by atoms with van der Waals surface area (Å²) in [6.45, 7) is 1.89. The first kappa shape index (κ1) is 21.0. The number of hydrogen-bond acceptors (Lipinski definition) is 9. The van der Waals surface area contributed by atoms with Gasteiger partial charge in [0.15, 0.2) is 11.4 Å². The quantitative estimate of drug-likeness (QED) is 0.345. The van der Waals surface area contributed by atoms with E-state index in [0.717, 1.165) is 10.8 Å². The second kappa shape index (κ2) is 7.45. The van der Waals surface area contributed by atoms with E-state index in [1.165, 1.54) is 11.3 Å². The molecule has 0 saturated carbocycles. The second-order valence-corrected chi connectivity index (χ2v) is 9.30. The molecule has 34 heavy (non-hydrogen) atoms. The first-order chi connectivity index (χ1) is 16.4. The summed E-state index contributed by atoms with van der Waals surface area (Å²) >= 11 is 1.17. The van der Waals surface area contributed by atoms with E-state index in [2.05, 4.69) is 4.98 Å². The molecule has 1 N–H and O–H groups in total. The number of carbonyl (C=O) groups is 1. The van der Waals surface area contributed by atoms with Crippen LogP contribution < -0.4 is 10.3 Å². The molecule has 1 spiro atoms. The molecule has 174 valence electrons. The van der Waals surface area contributed by atoms with Crippen molar-refractivity contribution >= 4 is 54.9 Å². The van der Waals surface area contributed by atoms with Gasteiger partial charge in [0.25, 0.3) is 0 Å². The van der Waals surface area contributed by atoms with E-state index in [4.69, 9.17) is 9.47 Å². The van der Waals surface area contributed by atoms with Gasteiger partial charge in [-0.3, -0.25) is 19.3 Å². The fourth-order valence-electron chi connectivity index (χ4n) is 4.81. The molecule has 3 aromatic heterocycles. The summed E-state index contributed by atoms with van der Waals surface area (Å²) in [6, 6.07) is 8.40. The topological polar surface area (TPSA) is 137 Å². The minimum absolute atomic E-state index is 0.107. The van der Waals surface area contributed by atoms with E-state index in [0.29, 0.717) is 44.7 Å². The Kier molecular flexibility index (Phi) is 4.59. The Hall–Kier alpha value is -3.61. The van der Waals surface area contributed by atoms with E-state index >= 15 is 0 Å². The molecule has 12 heteroatoms. The zero-order chi connectivity index (χ0) is 23.6. The van der Waals surface area contributed by atoms with Crippen LogP contribution in [-0.2, 0) is 9.47 Å². The van der Waals surface area contributed by atoms with Crippen molar-refractivity contribution < 1.29 is 24.3 Å². The van der Waals surface area contributed by atoms with Gasteiger partial charge in [0, 0.05) is 32.0 Å². The number of nitro groups is 1. The number of fused-ring (bicyclic) bond motifs is 5. The van der Waals surface area contributed by atoms with Crippen LogP contribution in [0.4, 0.5) is 11.5 Å². The third kappa shape index (κ3) is 2.99. The maximum absolute atomic E-state index is 13.2. The van der Waals surface area contributed by atoms with Crippen LogP contribution in [-0.4, -0.2) is 57.5 Å². The highest BCUT2D eigenvalue weighted by atomic mass is 32.1. The molecule has 0 aliphatic carbocycles. The molecule has 6 rings (SSSR count). The van der Waals surface area contributed by atoms with Gasteiger partial charge >= 0.3 is 11.7 Å². The summed E-state index contributed by atoms with van der Waals surface area (Å²) in [5, 5.41) is 21.7. The first-order valence-corrected chi connectivity index (χ1v) is 11.5. The van der Waals surface area contributed by atoms with E-state index in [-0.39, 0.29) is 27.4 Å². The monoisotopic (exact) mass is 482 g/mol. The van der Waals surface area contributed by atoms with Crippen molar-refractivity contribution in [3.8, 4) is 0 Å². The molecule has 0 radical (unpaired) electrons. The smallest absolute Gasteiger partial charge is 0.342 e. The Morgan fingerprint density at radius 1 is 1.21 bits per heavy atom. The van der Waals surface area contributed by atoms with Gasteiger partial charge in [0.1, 0.15) is 10.4 Å². The molecule has 0 amide bonds. The molecule has 2 saturated heterocycles. The normalized spacial score (nSPS) is 17.8. The largest absolute Gasteiger partial charge is 0.477 e. The molecule has 11 nitrogen and oxygen atoms in total. The van der Waals surface area contributed by atoms with Crippen molar-refractivity contribution in [2.75, 3.05) is 31.2 Å². The van der Waals surface area contributed by atoms with Crippen LogP contribution in [0.25, 0.3) is 26.1 Å². The van der Waals surface area contributed by atoms with Crippen LogP contribution in [0, 0.1) is 10.1 Å². The maximum atomic E-state index is 13.2. The highest BCUT2D eigenvalue weighted by molar-refractivity contribution is 7.24. The Morgan fingerprint density at radius 2 is 1.91 bits per heavy atom. The van der Waals surface area contributed by atoms with Crippen LogP contribution in [0.5, 0.6) is 0 Å². The van der Waals surface area contributed by atoms with Gasteiger partial charge in [-0.15, -0.1) is 11.3 Å². The standard InChI is InChI=1S/C22H18N4O7S/c27-17-12-11-14(26(30)31)19(24-7-5-22(6-8-24)32-9-10-33-22)23-18(12)25-13-3-1-2-4-15(13)34-20(25)16(17)21(28)29/h1-4,11H,5-10H2,(H,28,29). The number of rotatable bonds is 3. The van der Waals surface area contributed by atoms with Gasteiger partial charge in [0.05, 0.1) is 33.7 Å². The molecule has 2 fully saturated rings. The Labute approximate surface area is 194 Å². The maximum Gasteiger partial charge on any atom is 0.342 e. The third-order valence-electron chi connectivity index (χ3n) is 6.42. The van der Waals surface area contributed by atoms with Crippen molar-refractivity contribution in [1.29, 1.82) is 0 Å². The molecule has 0 atom stereocenters. The number of benzene rings is 1. The number of piperidine rings is 1. The first-order valence-electron chi connectivity index (χ1n) is 10.7. The molecule has 2 aliphatic rings. The minimum atomic E-state index is -1.39. The molecular formula is C22H18N4O7S. The van der Waals surface area contributed by atoms with Crippen molar-refractivity contribution in [1.82, 2.24) is 9.38 Å². The molecule has 0 bridgehead atoms. The highest BCUT2D eigenvalue weighted by Crippen LogP contribution is 2.38. The van der Waals surface area contributed by atoms with Gasteiger partial charge in [-0.05, 0) is 12.1 Å². The average Bonchev–Trinajstić information content (AvgIpc) is 3.43. The summed E-state index contributed by atoms with van der Waals surface area (Å²) in [5.74, 6) is -1.91. The molecular weight excluding hydrogens is 464 g/mol. The number of ether oxygens (including phenoxy) is 2. The number of anilines is 1. The van der Waals surface area contributed by atoms with Gasteiger partial charge in [0.2, 0.25) is 11.2 Å². The Balaban J connectivity index is 1.62.